The van der Waals surface area contributed by atoms with Crippen molar-refractivity contribution >= 4 is 26.2 Å². The van der Waals surface area contributed by atoms with Gasteiger partial charge < -0.3 is 9.84 Å². The van der Waals surface area contributed by atoms with Gasteiger partial charge >= 0.3 is 20.0 Å². The summed E-state index contributed by atoms with van der Waals surface area (Å²) in [6.45, 7) is 8.53. The number of hydrogen-bond donors (Lipinski definition) is 1. The minimum absolute atomic E-state index is 0.180. The van der Waals surface area contributed by atoms with Crippen molar-refractivity contribution in [1.82, 2.24) is 0 Å². The molecule has 0 fully saturated rings. The van der Waals surface area contributed by atoms with Gasteiger partial charge in [-0.15, -0.1) is 0 Å². The first-order valence-corrected chi connectivity index (χ1v) is 17.0. The maximum absolute atomic E-state index is 11.9. The summed E-state index contributed by atoms with van der Waals surface area (Å²) in [5, 5.41) is 9.91. The van der Waals surface area contributed by atoms with Crippen molar-refractivity contribution in [2.24, 2.45) is 0 Å². The Labute approximate surface area is 228 Å². The normalized spacial score (nSPS) is 15.1. The van der Waals surface area contributed by atoms with Gasteiger partial charge in [0.2, 0.25) is 0 Å². The van der Waals surface area contributed by atoms with Gasteiger partial charge in [-0.05, 0) is 31.9 Å². The third-order valence-corrected chi connectivity index (χ3v) is 9.04. The standard InChI is InChI=1S/C29H57O5PS/c1-5-8-10-12-14-15-16-18-20-22-25-36-27(23-21-19-17-13-11-9-6-2)26(4)34-29(35-32,28(30)31)33-24-7-3/h26-27H,5-25H2,1-4H3,(H,30,31)/p+1. The van der Waals surface area contributed by atoms with Crippen molar-refractivity contribution in [2.45, 2.75) is 167 Å². The SMILES string of the molecule is CCCCCCCCCCCCSC(CCCCCCCCC)C(C)OC(OCCC)([PH+]=O)C(=O)O. The van der Waals surface area contributed by atoms with Crippen molar-refractivity contribution in [3.63, 3.8) is 0 Å². The predicted molar refractivity (Wildman–Crippen MR) is 157 cm³/mol. The number of carboxylic acid groups (broad SMARTS) is 1. The lowest BCUT2D eigenvalue weighted by atomic mass is 10.1. The van der Waals surface area contributed by atoms with Crippen LogP contribution >= 0.6 is 20.2 Å². The monoisotopic (exact) mass is 549 g/mol. The lowest BCUT2D eigenvalue weighted by molar-refractivity contribution is -0.217. The summed E-state index contributed by atoms with van der Waals surface area (Å²) < 4.78 is 23.3. The second-order valence-electron chi connectivity index (χ2n) is 10.2. The molecule has 0 radical (unpaired) electrons. The summed E-state index contributed by atoms with van der Waals surface area (Å²) in [5.41, 5.74) is -2.05. The number of ether oxygens (including phenoxy) is 2. The van der Waals surface area contributed by atoms with E-state index in [1.165, 1.54) is 103 Å². The fourth-order valence-electron chi connectivity index (χ4n) is 4.41. The van der Waals surface area contributed by atoms with Gasteiger partial charge in [-0.3, -0.25) is 4.74 Å². The minimum Gasteiger partial charge on any atom is -0.474 e. The highest BCUT2D eigenvalue weighted by atomic mass is 32.2. The van der Waals surface area contributed by atoms with Crippen molar-refractivity contribution in [1.29, 1.82) is 0 Å². The zero-order valence-electron chi connectivity index (χ0n) is 24.0. The van der Waals surface area contributed by atoms with Crippen molar-refractivity contribution in [2.75, 3.05) is 12.4 Å². The Kier molecular flexibility index (Phi) is 25.0. The number of carboxylic acids is 1. The molecule has 214 valence electrons. The first-order chi connectivity index (χ1) is 17.5. The molecule has 0 amide bonds. The van der Waals surface area contributed by atoms with Gasteiger partial charge in [0.15, 0.2) is 0 Å². The van der Waals surface area contributed by atoms with E-state index in [-0.39, 0.29) is 18.0 Å². The summed E-state index contributed by atoms with van der Waals surface area (Å²) in [6.07, 6.45) is 23.3. The van der Waals surface area contributed by atoms with Crippen LogP contribution in [0.4, 0.5) is 0 Å². The second kappa shape index (κ2) is 25.1. The molecule has 0 heterocycles. The number of carbonyl (C=O) groups is 1. The Morgan fingerprint density at radius 2 is 1.25 bits per heavy atom. The van der Waals surface area contributed by atoms with Crippen LogP contribution in [0.2, 0.25) is 0 Å². The van der Waals surface area contributed by atoms with E-state index in [9.17, 15) is 14.5 Å². The number of hydrogen-bond acceptors (Lipinski definition) is 5. The number of thioether (sulfide) groups is 1. The summed E-state index contributed by atoms with van der Waals surface area (Å²) in [4.78, 5) is 11.9. The van der Waals surface area contributed by atoms with E-state index in [1.54, 1.807) is 0 Å². The van der Waals surface area contributed by atoms with Crippen LogP contribution in [-0.2, 0) is 18.8 Å². The van der Waals surface area contributed by atoms with Crippen molar-refractivity contribution in [3.05, 3.63) is 0 Å². The third-order valence-electron chi connectivity index (χ3n) is 6.72. The molecule has 1 N–H and O–H groups in total. The lowest BCUT2D eigenvalue weighted by Gasteiger charge is -2.28. The number of aliphatic carboxylic acids is 1. The van der Waals surface area contributed by atoms with Gasteiger partial charge in [0, 0.05) is 5.25 Å². The summed E-state index contributed by atoms with van der Waals surface area (Å²) >= 11 is 1.89. The predicted octanol–water partition coefficient (Wildman–Crippen LogP) is 9.74. The molecule has 5 nitrogen and oxygen atoms in total. The molecular formula is C29H58O5PS+. The molecule has 7 heteroatoms. The van der Waals surface area contributed by atoms with Crippen LogP contribution in [-0.4, -0.2) is 40.3 Å². The highest BCUT2D eigenvalue weighted by molar-refractivity contribution is 7.99. The average molecular weight is 550 g/mol. The first-order valence-electron chi connectivity index (χ1n) is 15.0. The maximum Gasteiger partial charge on any atom is 0.472 e. The lowest BCUT2D eigenvalue weighted by Crippen LogP contribution is -2.44. The molecule has 4 atom stereocenters. The van der Waals surface area contributed by atoms with Gasteiger partial charge in [-0.1, -0.05) is 128 Å². The largest absolute Gasteiger partial charge is 0.474 e. The topological polar surface area (TPSA) is 72.8 Å². The van der Waals surface area contributed by atoms with E-state index in [2.05, 4.69) is 13.8 Å². The van der Waals surface area contributed by atoms with Crippen LogP contribution < -0.4 is 0 Å². The summed E-state index contributed by atoms with van der Waals surface area (Å²) in [7, 11) is -1.21. The van der Waals surface area contributed by atoms with Crippen LogP contribution in [0.25, 0.3) is 0 Å². The summed E-state index contributed by atoms with van der Waals surface area (Å²) in [6, 6.07) is 0. The molecule has 0 spiro atoms. The molecule has 0 saturated carbocycles. The number of unbranched alkanes of at least 4 members (excludes halogenated alkanes) is 15. The highest BCUT2D eigenvalue weighted by Crippen LogP contribution is 2.33. The van der Waals surface area contributed by atoms with Crippen LogP contribution in [0.5, 0.6) is 0 Å². The zero-order valence-corrected chi connectivity index (χ0v) is 25.8. The van der Waals surface area contributed by atoms with E-state index in [0.717, 1.165) is 18.6 Å². The van der Waals surface area contributed by atoms with Gasteiger partial charge in [-0.25, -0.2) is 4.79 Å². The molecule has 0 rings (SSSR count). The smallest absolute Gasteiger partial charge is 0.472 e. The van der Waals surface area contributed by atoms with Gasteiger partial charge in [-0.2, -0.15) is 11.8 Å². The van der Waals surface area contributed by atoms with Crippen molar-refractivity contribution < 1.29 is 23.9 Å². The van der Waals surface area contributed by atoms with Gasteiger partial charge in [0.05, 0.1) is 12.7 Å². The molecule has 0 aliphatic rings. The molecule has 0 aromatic carbocycles. The molecule has 0 saturated heterocycles. The molecule has 0 bridgehead atoms. The van der Waals surface area contributed by atoms with Gasteiger partial charge in [0.1, 0.15) is 0 Å². The van der Waals surface area contributed by atoms with Crippen LogP contribution in [0.15, 0.2) is 0 Å². The Hall–Kier alpha value is -0.160. The minimum atomic E-state index is -2.05. The molecule has 0 aliphatic carbocycles. The van der Waals surface area contributed by atoms with E-state index >= 15 is 0 Å². The fourth-order valence-corrected chi connectivity index (χ4v) is 6.22. The first kappa shape index (κ1) is 35.8. The van der Waals surface area contributed by atoms with E-state index < -0.39 is 20.0 Å². The quantitative estimate of drug-likeness (QED) is 0.0595. The summed E-state index contributed by atoms with van der Waals surface area (Å²) in [5.74, 6) is -0.244. The number of rotatable bonds is 28. The van der Waals surface area contributed by atoms with Gasteiger partial charge in [0.25, 0.3) is 0 Å². The van der Waals surface area contributed by atoms with Crippen LogP contribution in [0, 0.1) is 0 Å². The Morgan fingerprint density at radius 1 is 0.778 bits per heavy atom. The third kappa shape index (κ3) is 18.2. The molecule has 0 aliphatic heterocycles. The second-order valence-corrected chi connectivity index (χ2v) is 12.4. The highest BCUT2D eigenvalue weighted by Gasteiger charge is 2.53. The zero-order chi connectivity index (χ0) is 26.9. The molecule has 0 aromatic rings. The molecular weight excluding hydrogens is 491 g/mol. The Balaban J connectivity index is 4.61. The van der Waals surface area contributed by atoms with Crippen LogP contribution in [0.3, 0.4) is 0 Å². The molecule has 4 unspecified atom stereocenters. The van der Waals surface area contributed by atoms with E-state index in [0.29, 0.717) is 6.42 Å². The molecule has 0 aromatic heterocycles. The maximum atomic E-state index is 11.9. The van der Waals surface area contributed by atoms with Crippen LogP contribution in [0.1, 0.15) is 150 Å². The van der Waals surface area contributed by atoms with Crippen molar-refractivity contribution in [3.8, 4) is 0 Å². The van der Waals surface area contributed by atoms with E-state index in [1.807, 2.05) is 25.6 Å². The Morgan fingerprint density at radius 3 is 1.69 bits per heavy atom. The average Bonchev–Trinajstić information content (AvgIpc) is 2.87. The molecule has 36 heavy (non-hydrogen) atoms. The Bertz CT molecular complexity index is 522. The fraction of sp³-hybridized carbons (Fsp3) is 0.966. The van der Waals surface area contributed by atoms with E-state index in [4.69, 9.17) is 9.47 Å².